The van der Waals surface area contributed by atoms with Crippen LogP contribution in [0, 0.1) is 20.8 Å². The molecule has 0 spiro atoms. The van der Waals surface area contributed by atoms with Gasteiger partial charge in [0, 0.05) is 22.3 Å². The number of rotatable bonds is 6. The summed E-state index contributed by atoms with van der Waals surface area (Å²) < 4.78 is 5.41. The van der Waals surface area contributed by atoms with Crippen LogP contribution >= 0.6 is 11.6 Å². The first-order chi connectivity index (χ1) is 13.3. The van der Waals surface area contributed by atoms with Gasteiger partial charge in [0.2, 0.25) is 5.91 Å². The van der Waals surface area contributed by atoms with Crippen molar-refractivity contribution in [1.82, 2.24) is 10.1 Å². The van der Waals surface area contributed by atoms with E-state index in [0.29, 0.717) is 17.3 Å². The molecule has 0 bridgehead atoms. The van der Waals surface area contributed by atoms with Crippen LogP contribution in [-0.4, -0.2) is 29.6 Å². The molecule has 1 heterocycles. The quantitative estimate of drug-likeness (QED) is 0.636. The maximum atomic E-state index is 12.4. The summed E-state index contributed by atoms with van der Waals surface area (Å²) >= 11 is 5.92. The van der Waals surface area contributed by atoms with Gasteiger partial charge in [-0.3, -0.25) is 9.69 Å². The van der Waals surface area contributed by atoms with Crippen LogP contribution < -0.4 is 5.32 Å². The fourth-order valence-electron chi connectivity index (χ4n) is 3.27. The molecule has 28 heavy (non-hydrogen) atoms. The van der Waals surface area contributed by atoms with E-state index in [1.54, 1.807) is 0 Å². The van der Waals surface area contributed by atoms with Gasteiger partial charge in [-0.1, -0.05) is 46.6 Å². The summed E-state index contributed by atoms with van der Waals surface area (Å²) in [4.78, 5) is 14.3. The number of anilines is 1. The SMILES string of the molecule is Cc1cc(C)c(NC(=O)CN(C)Cc2cc(-c3ccc(Cl)cc3)no2)c(C)c1. The molecule has 1 amide bonds. The lowest BCUT2D eigenvalue weighted by Gasteiger charge is -2.17. The zero-order valence-electron chi connectivity index (χ0n) is 16.5. The Hall–Kier alpha value is -2.63. The highest BCUT2D eigenvalue weighted by molar-refractivity contribution is 6.30. The first-order valence-electron chi connectivity index (χ1n) is 9.09. The molecule has 0 radical (unpaired) electrons. The number of nitrogens with one attached hydrogen (secondary N) is 1. The number of benzene rings is 2. The minimum Gasteiger partial charge on any atom is -0.359 e. The minimum absolute atomic E-state index is 0.0602. The van der Waals surface area contributed by atoms with Crippen molar-refractivity contribution in [1.29, 1.82) is 0 Å². The zero-order chi connectivity index (χ0) is 20.3. The van der Waals surface area contributed by atoms with E-state index in [0.717, 1.165) is 28.1 Å². The van der Waals surface area contributed by atoms with Crippen molar-refractivity contribution in [3.8, 4) is 11.3 Å². The Morgan fingerprint density at radius 2 is 1.75 bits per heavy atom. The molecule has 6 heteroatoms. The van der Waals surface area contributed by atoms with E-state index in [2.05, 4.69) is 29.5 Å². The monoisotopic (exact) mass is 397 g/mol. The highest BCUT2D eigenvalue weighted by atomic mass is 35.5. The molecular formula is C22H24ClN3O2. The van der Waals surface area contributed by atoms with E-state index in [-0.39, 0.29) is 12.5 Å². The number of nitrogens with zero attached hydrogens (tertiary/aromatic N) is 2. The Morgan fingerprint density at radius 1 is 1.11 bits per heavy atom. The van der Waals surface area contributed by atoms with E-state index >= 15 is 0 Å². The third-order valence-corrected chi connectivity index (χ3v) is 4.73. The van der Waals surface area contributed by atoms with Gasteiger partial charge in [0.05, 0.1) is 13.1 Å². The fraction of sp³-hybridized carbons (Fsp3) is 0.273. The van der Waals surface area contributed by atoms with E-state index < -0.39 is 0 Å². The molecule has 0 fully saturated rings. The van der Waals surface area contributed by atoms with E-state index in [1.807, 2.05) is 56.1 Å². The van der Waals surface area contributed by atoms with Gasteiger partial charge in [0.25, 0.3) is 0 Å². The van der Waals surface area contributed by atoms with Crippen molar-refractivity contribution >= 4 is 23.2 Å². The number of halogens is 1. The van der Waals surface area contributed by atoms with Crippen molar-refractivity contribution in [3.63, 3.8) is 0 Å². The Labute approximate surface area is 170 Å². The van der Waals surface area contributed by atoms with Crippen LogP contribution in [0.2, 0.25) is 5.02 Å². The topological polar surface area (TPSA) is 58.4 Å². The first-order valence-corrected chi connectivity index (χ1v) is 9.47. The van der Waals surface area contributed by atoms with Crippen molar-refractivity contribution in [3.05, 3.63) is 69.9 Å². The number of carbonyl (C=O) groups is 1. The first kappa shape index (κ1) is 20.1. The van der Waals surface area contributed by atoms with E-state index in [9.17, 15) is 4.79 Å². The molecule has 1 N–H and O–H groups in total. The molecule has 146 valence electrons. The third-order valence-electron chi connectivity index (χ3n) is 4.48. The predicted octanol–water partition coefficient (Wildman–Crippen LogP) is 4.99. The van der Waals surface area contributed by atoms with Crippen molar-refractivity contribution in [2.45, 2.75) is 27.3 Å². The number of aryl methyl sites for hydroxylation is 3. The number of hydrogen-bond acceptors (Lipinski definition) is 4. The molecule has 0 aliphatic rings. The molecule has 3 rings (SSSR count). The number of carbonyl (C=O) groups excluding carboxylic acids is 1. The van der Waals surface area contributed by atoms with Gasteiger partial charge in [0.1, 0.15) is 5.69 Å². The summed E-state index contributed by atoms with van der Waals surface area (Å²) in [6.45, 7) is 6.80. The third kappa shape index (κ3) is 5.00. The molecule has 0 aliphatic heterocycles. The number of likely N-dealkylation sites (N-methyl/N-ethyl adjacent to an activating group) is 1. The lowest BCUT2D eigenvalue weighted by atomic mass is 10.1. The summed E-state index contributed by atoms with van der Waals surface area (Å²) in [6, 6.07) is 13.4. The zero-order valence-corrected chi connectivity index (χ0v) is 17.3. The predicted molar refractivity (Wildman–Crippen MR) is 113 cm³/mol. The molecule has 0 atom stereocenters. The second-order valence-electron chi connectivity index (χ2n) is 7.18. The van der Waals surface area contributed by atoms with Gasteiger partial charge >= 0.3 is 0 Å². The lowest BCUT2D eigenvalue weighted by Crippen LogP contribution is -2.30. The van der Waals surface area contributed by atoms with Crippen molar-refractivity contribution in [2.75, 3.05) is 18.9 Å². The molecule has 0 saturated carbocycles. The Morgan fingerprint density at radius 3 is 2.39 bits per heavy atom. The smallest absolute Gasteiger partial charge is 0.238 e. The minimum atomic E-state index is -0.0602. The largest absolute Gasteiger partial charge is 0.359 e. The molecule has 0 saturated heterocycles. The molecule has 0 unspecified atom stereocenters. The summed E-state index contributed by atoms with van der Waals surface area (Å²) in [5, 5.41) is 7.80. The van der Waals surface area contributed by atoms with Gasteiger partial charge in [-0.25, -0.2) is 0 Å². The summed E-state index contributed by atoms with van der Waals surface area (Å²) in [7, 11) is 1.87. The van der Waals surface area contributed by atoms with Crippen LogP contribution in [0.1, 0.15) is 22.5 Å². The van der Waals surface area contributed by atoms with Gasteiger partial charge in [0.15, 0.2) is 5.76 Å². The fourth-order valence-corrected chi connectivity index (χ4v) is 3.39. The lowest BCUT2D eigenvalue weighted by molar-refractivity contribution is -0.117. The number of amides is 1. The highest BCUT2D eigenvalue weighted by Crippen LogP contribution is 2.23. The van der Waals surface area contributed by atoms with Gasteiger partial charge < -0.3 is 9.84 Å². The van der Waals surface area contributed by atoms with Gasteiger partial charge in [-0.15, -0.1) is 0 Å². The Bertz CT molecular complexity index is 957. The second-order valence-corrected chi connectivity index (χ2v) is 7.62. The standard InChI is InChI=1S/C22H24ClN3O2/c1-14-9-15(2)22(16(3)10-14)24-21(27)13-26(4)12-19-11-20(25-28-19)17-5-7-18(23)8-6-17/h5-11H,12-13H2,1-4H3,(H,24,27). The average molecular weight is 398 g/mol. The maximum Gasteiger partial charge on any atom is 0.238 e. The van der Waals surface area contributed by atoms with Gasteiger partial charge in [-0.05, 0) is 51.1 Å². The Balaban J connectivity index is 1.59. The van der Waals surface area contributed by atoms with Crippen LogP contribution in [0.3, 0.4) is 0 Å². The maximum absolute atomic E-state index is 12.4. The number of aromatic nitrogens is 1. The van der Waals surface area contributed by atoms with Crippen LogP contribution in [0.15, 0.2) is 47.0 Å². The van der Waals surface area contributed by atoms with Gasteiger partial charge in [-0.2, -0.15) is 0 Å². The molecule has 3 aromatic rings. The van der Waals surface area contributed by atoms with Crippen LogP contribution in [0.25, 0.3) is 11.3 Å². The van der Waals surface area contributed by atoms with Crippen molar-refractivity contribution in [2.24, 2.45) is 0 Å². The van der Waals surface area contributed by atoms with E-state index in [1.165, 1.54) is 5.56 Å². The van der Waals surface area contributed by atoms with Crippen LogP contribution in [0.4, 0.5) is 5.69 Å². The summed E-state index contributed by atoms with van der Waals surface area (Å²) in [5.41, 5.74) is 5.88. The molecule has 1 aromatic heterocycles. The van der Waals surface area contributed by atoms with Crippen molar-refractivity contribution < 1.29 is 9.32 Å². The van der Waals surface area contributed by atoms with Crippen LogP contribution in [0.5, 0.6) is 0 Å². The molecule has 5 nitrogen and oxygen atoms in total. The molecule has 0 aliphatic carbocycles. The second kappa shape index (κ2) is 8.59. The van der Waals surface area contributed by atoms with Crippen LogP contribution in [-0.2, 0) is 11.3 Å². The average Bonchev–Trinajstić information content (AvgIpc) is 3.07. The Kier molecular flexibility index (Phi) is 6.17. The molecular weight excluding hydrogens is 374 g/mol. The molecule has 2 aromatic carbocycles. The highest BCUT2D eigenvalue weighted by Gasteiger charge is 2.13. The summed E-state index contributed by atoms with van der Waals surface area (Å²) in [6.07, 6.45) is 0. The summed E-state index contributed by atoms with van der Waals surface area (Å²) in [5.74, 6) is 0.637. The number of hydrogen-bond donors (Lipinski definition) is 1. The van der Waals surface area contributed by atoms with E-state index in [4.69, 9.17) is 16.1 Å². The normalized spacial score (nSPS) is 11.1.